The van der Waals surface area contributed by atoms with E-state index in [1.165, 1.54) is 78.9 Å². The summed E-state index contributed by atoms with van der Waals surface area (Å²) in [6, 6.07) is 23.6. The van der Waals surface area contributed by atoms with Crippen molar-refractivity contribution in [2.75, 3.05) is 13.2 Å². The molecule has 0 aliphatic heterocycles. The Kier molecular flexibility index (Phi) is 13.6. The van der Waals surface area contributed by atoms with Crippen LogP contribution in [0, 0.1) is 11.3 Å². The molecule has 0 spiro atoms. The molecule has 0 radical (unpaired) electrons. The van der Waals surface area contributed by atoms with Crippen LogP contribution in [0.3, 0.4) is 0 Å². The van der Waals surface area contributed by atoms with Crippen LogP contribution in [0.15, 0.2) is 123 Å². The number of aromatic nitrogens is 1. The predicted octanol–water partition coefficient (Wildman–Crippen LogP) is 6.93. The molecular weight excluding hydrogens is 757 g/mol. The summed E-state index contributed by atoms with van der Waals surface area (Å²) in [5.41, 5.74) is 1.71. The van der Waals surface area contributed by atoms with Gasteiger partial charge in [0, 0.05) is 30.7 Å². The Hall–Kier alpha value is -7.57. The zero-order valence-corrected chi connectivity index (χ0v) is 31.0. The number of carbonyl (C=O) groups excluding carboxylic acids is 5. The SMILES string of the molecule is C=CC(=O)OCC(COc1ccc(C(=O)Oc2ccc(OC(=O)c3ccc(OC(C)OC(=O)C=C)cc3)c3sc(-c4ccc(C#N)cc4)nc23)cc1)OC(=O)C=C. The minimum atomic E-state index is -0.952. The molecule has 2 unspecified atom stereocenters. The summed E-state index contributed by atoms with van der Waals surface area (Å²) in [5.74, 6) is -2.63. The van der Waals surface area contributed by atoms with E-state index < -0.39 is 42.2 Å². The minimum Gasteiger partial charge on any atom is -0.490 e. The molecular formula is C42H32N2O12S. The number of hydrogen-bond donors (Lipinski definition) is 0. The van der Waals surface area contributed by atoms with E-state index in [2.05, 4.69) is 25.8 Å². The van der Waals surface area contributed by atoms with Crippen LogP contribution >= 0.6 is 11.3 Å². The van der Waals surface area contributed by atoms with E-state index in [9.17, 15) is 29.2 Å². The standard InChI is InChI=1S/C42H32N2O12S/c1-5-35(45)51-24-32(54-37(47)7-3)23-50-30-16-12-28(13-17-30)41(48)55-33-20-21-34(39-38(33)44-40(57-39)27-10-8-26(22-43)9-11-27)56-42(49)29-14-18-31(19-15-29)52-25(4)53-36(46)6-2/h5-21,25,32H,1-3,23-24H2,4H3. The summed E-state index contributed by atoms with van der Waals surface area (Å²) in [6.45, 7) is 11.1. The molecule has 0 aliphatic carbocycles. The Balaban J connectivity index is 1.33. The van der Waals surface area contributed by atoms with Crippen molar-refractivity contribution in [1.82, 2.24) is 4.98 Å². The molecule has 0 saturated heterocycles. The van der Waals surface area contributed by atoms with Crippen LogP contribution in [0.1, 0.15) is 33.2 Å². The van der Waals surface area contributed by atoms with Gasteiger partial charge in [-0.2, -0.15) is 5.26 Å². The Bertz CT molecular complexity index is 2360. The normalized spacial score (nSPS) is 11.4. The lowest BCUT2D eigenvalue weighted by Crippen LogP contribution is -2.30. The second kappa shape index (κ2) is 19.1. The van der Waals surface area contributed by atoms with Gasteiger partial charge in [0.25, 0.3) is 0 Å². The Labute approximate surface area is 329 Å². The topological polar surface area (TPSA) is 187 Å². The number of thiazole rings is 1. The van der Waals surface area contributed by atoms with Crippen LogP contribution in [0.5, 0.6) is 23.0 Å². The summed E-state index contributed by atoms with van der Waals surface area (Å²) in [4.78, 5) is 66.0. The predicted molar refractivity (Wildman–Crippen MR) is 206 cm³/mol. The monoisotopic (exact) mass is 788 g/mol. The number of benzene rings is 4. The summed E-state index contributed by atoms with van der Waals surface area (Å²) in [6.07, 6.45) is 1.09. The van der Waals surface area contributed by atoms with E-state index >= 15 is 0 Å². The van der Waals surface area contributed by atoms with Gasteiger partial charge in [-0.25, -0.2) is 29.0 Å². The summed E-state index contributed by atoms with van der Waals surface area (Å²) >= 11 is 1.18. The quantitative estimate of drug-likeness (QED) is 0.0310. The van der Waals surface area contributed by atoms with Crippen molar-refractivity contribution < 1.29 is 57.1 Å². The molecule has 1 heterocycles. The number of nitrogens with zero attached hydrogens (tertiary/aromatic N) is 2. The first-order chi connectivity index (χ1) is 27.5. The number of rotatable bonds is 17. The number of ether oxygens (including phenoxy) is 7. The van der Waals surface area contributed by atoms with Crippen molar-refractivity contribution in [3.63, 3.8) is 0 Å². The Morgan fingerprint density at radius 1 is 0.719 bits per heavy atom. The zero-order chi connectivity index (χ0) is 40.9. The molecule has 57 heavy (non-hydrogen) atoms. The van der Waals surface area contributed by atoms with E-state index in [0.717, 1.165) is 18.2 Å². The lowest BCUT2D eigenvalue weighted by Gasteiger charge is -2.17. The second-order valence-electron chi connectivity index (χ2n) is 11.5. The van der Waals surface area contributed by atoms with Gasteiger partial charge in [-0.05, 0) is 72.8 Å². The van der Waals surface area contributed by atoms with Gasteiger partial charge >= 0.3 is 29.8 Å². The fourth-order valence-corrected chi connectivity index (χ4v) is 5.82. The van der Waals surface area contributed by atoms with Crippen molar-refractivity contribution in [1.29, 1.82) is 5.26 Å². The van der Waals surface area contributed by atoms with Gasteiger partial charge in [0.05, 0.1) is 22.8 Å². The molecule has 0 N–H and O–H groups in total. The van der Waals surface area contributed by atoms with Crippen molar-refractivity contribution >= 4 is 51.4 Å². The molecule has 5 rings (SSSR count). The van der Waals surface area contributed by atoms with E-state index in [-0.39, 0.29) is 41.4 Å². The molecule has 1 aromatic heterocycles. The smallest absolute Gasteiger partial charge is 0.343 e. The van der Waals surface area contributed by atoms with Crippen LogP contribution < -0.4 is 18.9 Å². The van der Waals surface area contributed by atoms with Crippen LogP contribution in [0.25, 0.3) is 20.8 Å². The van der Waals surface area contributed by atoms with Crippen LogP contribution in [0.2, 0.25) is 0 Å². The number of carbonyl (C=O) groups is 5. The molecule has 15 heteroatoms. The van der Waals surface area contributed by atoms with Gasteiger partial charge in [-0.1, -0.05) is 31.9 Å². The number of esters is 5. The first-order valence-electron chi connectivity index (χ1n) is 16.8. The third-order valence-corrected chi connectivity index (χ3v) is 8.65. The lowest BCUT2D eigenvalue weighted by molar-refractivity contribution is -0.155. The maximum absolute atomic E-state index is 13.4. The Morgan fingerprint density at radius 3 is 1.88 bits per heavy atom. The van der Waals surface area contributed by atoms with Crippen LogP contribution in [-0.4, -0.2) is 60.4 Å². The molecule has 0 saturated carbocycles. The minimum absolute atomic E-state index is 0.0833. The zero-order valence-electron chi connectivity index (χ0n) is 30.2. The van der Waals surface area contributed by atoms with Crippen LogP contribution in [-0.2, 0) is 28.6 Å². The highest BCUT2D eigenvalue weighted by Gasteiger charge is 2.22. The van der Waals surface area contributed by atoms with E-state index in [1.54, 1.807) is 24.3 Å². The molecule has 2 atom stereocenters. The molecule has 0 fully saturated rings. The highest BCUT2D eigenvalue weighted by Crippen LogP contribution is 2.41. The average Bonchev–Trinajstić information content (AvgIpc) is 3.69. The second-order valence-corrected chi connectivity index (χ2v) is 12.5. The third-order valence-electron chi connectivity index (χ3n) is 7.53. The fourth-order valence-electron chi connectivity index (χ4n) is 4.79. The molecule has 5 aromatic rings. The van der Waals surface area contributed by atoms with Crippen LogP contribution in [0.4, 0.5) is 0 Å². The molecule has 288 valence electrons. The van der Waals surface area contributed by atoms with E-state index in [0.29, 0.717) is 32.3 Å². The van der Waals surface area contributed by atoms with Crippen molar-refractivity contribution in [2.45, 2.75) is 19.3 Å². The molecule has 0 aliphatic rings. The van der Waals surface area contributed by atoms with Gasteiger partial charge in [0.2, 0.25) is 6.29 Å². The maximum Gasteiger partial charge on any atom is 0.343 e. The molecule has 0 amide bonds. The van der Waals surface area contributed by atoms with Crippen molar-refractivity contribution in [3.8, 4) is 39.6 Å². The third kappa shape index (κ3) is 11.0. The number of fused-ring (bicyclic) bond motifs is 1. The molecule has 14 nitrogen and oxygen atoms in total. The van der Waals surface area contributed by atoms with Gasteiger partial charge in [-0.15, -0.1) is 11.3 Å². The average molecular weight is 789 g/mol. The fraction of sp³-hybridized carbons (Fsp3) is 0.119. The number of hydrogen-bond acceptors (Lipinski definition) is 15. The first kappa shape index (κ1) is 40.6. The lowest BCUT2D eigenvalue weighted by atomic mass is 10.1. The highest BCUT2D eigenvalue weighted by molar-refractivity contribution is 7.22. The first-order valence-corrected chi connectivity index (χ1v) is 17.6. The van der Waals surface area contributed by atoms with Gasteiger partial charge in [-0.3, -0.25) is 0 Å². The Morgan fingerprint density at radius 2 is 1.28 bits per heavy atom. The highest BCUT2D eigenvalue weighted by atomic mass is 32.1. The number of nitriles is 1. The molecule has 4 aromatic carbocycles. The summed E-state index contributed by atoms with van der Waals surface area (Å²) in [7, 11) is 0. The van der Waals surface area contributed by atoms with Gasteiger partial charge < -0.3 is 33.2 Å². The summed E-state index contributed by atoms with van der Waals surface area (Å²) in [5, 5.41) is 9.75. The molecule has 0 bridgehead atoms. The van der Waals surface area contributed by atoms with E-state index in [4.69, 9.17) is 38.1 Å². The van der Waals surface area contributed by atoms with Gasteiger partial charge in [0.15, 0.2) is 17.6 Å². The van der Waals surface area contributed by atoms with Gasteiger partial charge in [0.1, 0.15) is 39.9 Å². The summed E-state index contributed by atoms with van der Waals surface area (Å²) < 4.78 is 38.4. The van der Waals surface area contributed by atoms with E-state index in [1.807, 2.05) is 0 Å². The maximum atomic E-state index is 13.4. The van der Waals surface area contributed by atoms with Crippen molar-refractivity contribution in [3.05, 3.63) is 140 Å². The van der Waals surface area contributed by atoms with Crippen molar-refractivity contribution in [2.24, 2.45) is 0 Å². The largest absolute Gasteiger partial charge is 0.490 e.